The summed E-state index contributed by atoms with van der Waals surface area (Å²) in [5.74, 6) is 0.118. The van der Waals surface area contributed by atoms with Crippen LogP contribution in [0.5, 0.6) is 0 Å². The molecule has 10 heteroatoms. The molecule has 1 aromatic carbocycles. The monoisotopic (exact) mass is 412 g/mol. The summed E-state index contributed by atoms with van der Waals surface area (Å²) in [6.07, 6.45) is 6.20. The maximum atomic E-state index is 10.5. The first-order chi connectivity index (χ1) is 12.5. The fraction of sp³-hybridized carbons (Fsp3) is 0.312. The van der Waals surface area contributed by atoms with Crippen LogP contribution in [0.3, 0.4) is 0 Å². The fourth-order valence-electron chi connectivity index (χ4n) is 3.24. The fourth-order valence-corrected chi connectivity index (χ4v) is 3.88. The predicted octanol–water partition coefficient (Wildman–Crippen LogP) is 5.12. The van der Waals surface area contributed by atoms with Gasteiger partial charge in [0, 0.05) is 6.04 Å². The molecular weight excluding hydrogens is 399 g/mol. The van der Waals surface area contributed by atoms with Gasteiger partial charge in [-0.1, -0.05) is 42.1 Å². The van der Waals surface area contributed by atoms with Crippen LogP contribution >= 0.6 is 34.8 Å². The molecule has 0 spiro atoms. The Morgan fingerprint density at radius 2 is 1.81 bits per heavy atom. The number of rotatable bonds is 4. The largest absolute Gasteiger partial charge is 0.312 e. The van der Waals surface area contributed by atoms with Crippen LogP contribution in [0.2, 0.25) is 15.3 Å². The number of hydrogen-bond acceptors (Lipinski definition) is 6. The number of aromatic nitrogens is 4. The van der Waals surface area contributed by atoms with Gasteiger partial charge in [0.2, 0.25) is 11.1 Å². The van der Waals surface area contributed by atoms with Crippen LogP contribution < -0.4 is 10.6 Å². The van der Waals surface area contributed by atoms with Gasteiger partial charge in [0.05, 0.1) is 22.1 Å². The highest BCUT2D eigenvalue weighted by Gasteiger charge is 2.23. The molecule has 0 atom stereocenters. The first-order valence-electron chi connectivity index (χ1n) is 8.14. The van der Waals surface area contributed by atoms with Crippen molar-refractivity contribution >= 4 is 57.5 Å². The van der Waals surface area contributed by atoms with Crippen LogP contribution in [0.25, 0.3) is 11.2 Å². The van der Waals surface area contributed by atoms with Gasteiger partial charge in [0.25, 0.3) is 0 Å². The van der Waals surface area contributed by atoms with Gasteiger partial charge in [-0.2, -0.15) is 9.97 Å². The van der Waals surface area contributed by atoms with E-state index in [-0.39, 0.29) is 11.1 Å². The van der Waals surface area contributed by atoms with Crippen molar-refractivity contribution in [3.8, 4) is 0 Å². The third kappa shape index (κ3) is 3.16. The summed E-state index contributed by atoms with van der Waals surface area (Å²) in [5.41, 5.74) is 4.08. The Morgan fingerprint density at radius 3 is 2.50 bits per heavy atom. The lowest BCUT2D eigenvalue weighted by atomic mass is 10.2. The van der Waals surface area contributed by atoms with Gasteiger partial charge in [-0.3, -0.25) is 10.6 Å². The molecule has 7 nitrogen and oxygen atoms in total. The third-order valence-corrected chi connectivity index (χ3v) is 5.27. The molecule has 2 aromatic heterocycles. The van der Waals surface area contributed by atoms with Crippen molar-refractivity contribution < 1.29 is 5.21 Å². The minimum absolute atomic E-state index is 0.0124. The van der Waals surface area contributed by atoms with Gasteiger partial charge in [-0.25, -0.2) is 4.98 Å². The van der Waals surface area contributed by atoms with Gasteiger partial charge >= 0.3 is 0 Å². The first-order valence-corrected chi connectivity index (χ1v) is 9.27. The number of anilines is 2. The number of nitrogens with zero attached hydrogens (tertiary/aromatic N) is 5. The molecule has 0 aliphatic heterocycles. The predicted molar refractivity (Wildman–Crippen MR) is 102 cm³/mol. The van der Waals surface area contributed by atoms with Crippen molar-refractivity contribution in [3.63, 3.8) is 0 Å². The number of nitrogens with one attached hydrogen (secondary N) is 1. The summed E-state index contributed by atoms with van der Waals surface area (Å²) < 4.78 is 2.00. The smallest absolute Gasteiger partial charge is 0.226 e. The molecule has 4 rings (SSSR count). The van der Waals surface area contributed by atoms with E-state index in [4.69, 9.17) is 34.8 Å². The van der Waals surface area contributed by atoms with Crippen LogP contribution in [0.15, 0.2) is 24.5 Å². The van der Waals surface area contributed by atoms with E-state index in [2.05, 4.69) is 20.4 Å². The molecule has 1 aliphatic carbocycles. The molecule has 26 heavy (non-hydrogen) atoms. The standard InChI is InChI=1S/C16H15Cl3N6O/c17-10-6-3-7-11(18)12(10)23-25(26)15-13-14(21-16(19)22-15)24(8-20-13)9-4-1-2-5-9/h3,6-9,23,26H,1-2,4-5H2. The van der Waals surface area contributed by atoms with Crippen molar-refractivity contribution in [1.29, 1.82) is 0 Å². The molecule has 1 fully saturated rings. The normalized spacial score (nSPS) is 14.9. The van der Waals surface area contributed by atoms with Crippen molar-refractivity contribution in [2.24, 2.45) is 0 Å². The number of hydrazine groups is 1. The highest BCUT2D eigenvalue weighted by atomic mass is 35.5. The topological polar surface area (TPSA) is 79.1 Å². The maximum Gasteiger partial charge on any atom is 0.226 e. The average molecular weight is 414 g/mol. The van der Waals surface area contributed by atoms with Gasteiger partial charge < -0.3 is 4.57 Å². The molecule has 0 radical (unpaired) electrons. The van der Waals surface area contributed by atoms with Gasteiger partial charge in [-0.05, 0) is 36.6 Å². The Morgan fingerprint density at radius 1 is 1.12 bits per heavy atom. The first kappa shape index (κ1) is 17.6. The molecule has 136 valence electrons. The quantitative estimate of drug-likeness (QED) is 0.456. The molecule has 0 bridgehead atoms. The van der Waals surface area contributed by atoms with E-state index in [1.807, 2.05) is 4.57 Å². The number of imidazole rings is 1. The van der Waals surface area contributed by atoms with Crippen molar-refractivity contribution in [1.82, 2.24) is 19.5 Å². The van der Waals surface area contributed by atoms with E-state index in [0.29, 0.717) is 38.1 Å². The number of para-hydroxylation sites is 1. The Kier molecular flexibility index (Phi) is 4.79. The molecule has 0 unspecified atom stereocenters. The second-order valence-electron chi connectivity index (χ2n) is 6.10. The molecule has 0 saturated heterocycles. The summed E-state index contributed by atoms with van der Waals surface area (Å²) in [5, 5.41) is 11.9. The maximum absolute atomic E-state index is 10.5. The Balaban J connectivity index is 1.74. The van der Waals surface area contributed by atoms with E-state index >= 15 is 0 Å². The molecule has 1 saturated carbocycles. The number of benzene rings is 1. The summed E-state index contributed by atoms with van der Waals surface area (Å²) >= 11 is 18.4. The van der Waals surface area contributed by atoms with E-state index in [1.54, 1.807) is 24.5 Å². The molecule has 1 aliphatic rings. The molecule has 0 amide bonds. The Bertz CT molecular complexity index is 936. The van der Waals surface area contributed by atoms with Crippen LogP contribution in [-0.2, 0) is 0 Å². The van der Waals surface area contributed by atoms with Crippen molar-refractivity contribution in [2.45, 2.75) is 31.7 Å². The minimum atomic E-state index is 0.0124. The molecular formula is C16H15Cl3N6O. The van der Waals surface area contributed by atoms with Gasteiger partial charge in [0.15, 0.2) is 11.2 Å². The van der Waals surface area contributed by atoms with Crippen molar-refractivity contribution in [3.05, 3.63) is 39.9 Å². The van der Waals surface area contributed by atoms with E-state index in [1.165, 1.54) is 12.8 Å². The zero-order valence-electron chi connectivity index (χ0n) is 13.5. The van der Waals surface area contributed by atoms with E-state index in [0.717, 1.165) is 12.8 Å². The van der Waals surface area contributed by atoms with Crippen LogP contribution in [0, 0.1) is 0 Å². The highest BCUT2D eigenvalue weighted by molar-refractivity contribution is 6.39. The number of halogens is 3. The van der Waals surface area contributed by atoms with Crippen molar-refractivity contribution in [2.75, 3.05) is 10.6 Å². The summed E-state index contributed by atoms with van der Waals surface area (Å²) in [6, 6.07) is 5.35. The summed E-state index contributed by atoms with van der Waals surface area (Å²) in [4.78, 5) is 12.8. The second kappa shape index (κ2) is 7.08. The van der Waals surface area contributed by atoms with Gasteiger partial charge in [0.1, 0.15) is 0 Å². The molecule has 2 heterocycles. The third-order valence-electron chi connectivity index (χ3n) is 4.47. The summed E-state index contributed by atoms with van der Waals surface area (Å²) in [6.45, 7) is 0. The number of hydrogen-bond donors (Lipinski definition) is 2. The van der Waals surface area contributed by atoms with E-state index in [9.17, 15) is 5.21 Å². The Labute approximate surface area is 164 Å². The number of fused-ring (bicyclic) bond motifs is 1. The van der Waals surface area contributed by atoms with Crippen LogP contribution in [0.4, 0.5) is 11.5 Å². The highest BCUT2D eigenvalue weighted by Crippen LogP contribution is 2.35. The minimum Gasteiger partial charge on any atom is -0.312 e. The van der Waals surface area contributed by atoms with Crippen LogP contribution in [0.1, 0.15) is 31.7 Å². The molecule has 2 N–H and O–H groups in total. The summed E-state index contributed by atoms with van der Waals surface area (Å²) in [7, 11) is 0. The lowest BCUT2D eigenvalue weighted by Crippen LogP contribution is -2.27. The zero-order chi connectivity index (χ0) is 18.3. The van der Waals surface area contributed by atoms with E-state index < -0.39 is 0 Å². The van der Waals surface area contributed by atoms with Gasteiger partial charge in [-0.15, -0.1) is 5.17 Å². The molecule has 3 aromatic rings. The lowest BCUT2D eigenvalue weighted by Gasteiger charge is -2.20. The second-order valence-corrected chi connectivity index (χ2v) is 7.25. The zero-order valence-corrected chi connectivity index (χ0v) is 15.8. The SMILES string of the molecule is ON(Nc1c(Cl)cccc1Cl)c1nc(Cl)nc2c1ncn2C1CCCC1. The Hall–Kier alpha value is -1.80. The average Bonchev–Trinajstić information content (AvgIpc) is 3.26. The van der Waals surface area contributed by atoms with Crippen LogP contribution in [-0.4, -0.2) is 24.7 Å². The lowest BCUT2D eigenvalue weighted by molar-refractivity contribution is 0.275.